The van der Waals surface area contributed by atoms with Gasteiger partial charge in [-0.1, -0.05) is 94.1 Å². The van der Waals surface area contributed by atoms with Gasteiger partial charge in [-0.25, -0.2) is 4.79 Å². The highest BCUT2D eigenvalue weighted by Gasteiger charge is 2.70. The first-order valence-corrected chi connectivity index (χ1v) is 14.6. The molecule has 1 aliphatic rings. The van der Waals surface area contributed by atoms with Gasteiger partial charge < -0.3 is 13.9 Å². The summed E-state index contributed by atoms with van der Waals surface area (Å²) < 4.78 is 17.3. The molecule has 3 aromatic carbocycles. The second-order valence-electron chi connectivity index (χ2n) is 11.4. The van der Waals surface area contributed by atoms with Gasteiger partial charge in [0.25, 0.3) is 0 Å². The highest BCUT2D eigenvalue weighted by Crippen LogP contribution is 2.62. The quantitative estimate of drug-likeness (QED) is 0.208. The van der Waals surface area contributed by atoms with Gasteiger partial charge in [0.05, 0.1) is 18.6 Å². The monoisotopic (exact) mass is 572 g/mol. The average molecular weight is 573 g/mol. The summed E-state index contributed by atoms with van der Waals surface area (Å²) in [5, 5.41) is 3.02. The van der Waals surface area contributed by atoms with E-state index < -0.39 is 34.6 Å². The molecule has 0 saturated carbocycles. The Bertz CT molecular complexity index is 1360. The van der Waals surface area contributed by atoms with Crippen LogP contribution in [-0.2, 0) is 25.0 Å². The van der Waals surface area contributed by atoms with Gasteiger partial charge in [0.1, 0.15) is 29.0 Å². The first-order valence-electron chi connectivity index (χ1n) is 13.7. The molecule has 0 radical (unpaired) electrons. The lowest BCUT2D eigenvalue weighted by atomic mass is 9.45. The van der Waals surface area contributed by atoms with Crippen molar-refractivity contribution in [3.8, 4) is 5.75 Å². The van der Waals surface area contributed by atoms with Crippen LogP contribution in [0.3, 0.4) is 0 Å². The van der Waals surface area contributed by atoms with E-state index >= 15 is 0 Å². The van der Waals surface area contributed by atoms with Crippen molar-refractivity contribution in [2.24, 2.45) is 11.3 Å². The summed E-state index contributed by atoms with van der Waals surface area (Å²) in [6.45, 7) is 12.2. The number of alkyl carbamates (subject to hydrolysis) is 1. The average Bonchev–Trinajstić information content (AvgIpc) is 2.98. The van der Waals surface area contributed by atoms with Crippen molar-refractivity contribution in [1.82, 2.24) is 5.32 Å². The first-order chi connectivity index (χ1) is 19.6. The van der Waals surface area contributed by atoms with Crippen LogP contribution in [0.1, 0.15) is 38.8 Å². The summed E-state index contributed by atoms with van der Waals surface area (Å²) >= 11 is 0. The van der Waals surface area contributed by atoms with Crippen molar-refractivity contribution in [2.75, 3.05) is 18.6 Å². The van der Waals surface area contributed by atoms with Crippen molar-refractivity contribution in [2.45, 2.75) is 44.9 Å². The fraction of sp³-hybridized carbons (Fsp3) is 0.333. The van der Waals surface area contributed by atoms with Gasteiger partial charge in [-0.3, -0.25) is 15.0 Å². The van der Waals surface area contributed by atoms with Crippen LogP contribution in [0.2, 0.25) is 0 Å². The van der Waals surface area contributed by atoms with Crippen molar-refractivity contribution in [3.63, 3.8) is 0 Å². The molecule has 0 aromatic heterocycles. The number of carbonyl (C=O) groups excluding carboxylic acids is 2. The van der Waals surface area contributed by atoms with Gasteiger partial charge >= 0.3 is 6.09 Å². The molecule has 1 heterocycles. The molecule has 0 spiro atoms. The summed E-state index contributed by atoms with van der Waals surface area (Å²) in [6.07, 6.45) is 0.151. The molecule has 8 heteroatoms. The van der Waals surface area contributed by atoms with Gasteiger partial charge in [-0.05, 0) is 47.7 Å². The van der Waals surface area contributed by atoms with E-state index in [1.54, 1.807) is 24.1 Å². The van der Waals surface area contributed by atoms with Gasteiger partial charge in [-0.2, -0.15) is 0 Å². The predicted molar refractivity (Wildman–Crippen MR) is 165 cm³/mol. The van der Waals surface area contributed by atoms with E-state index in [0.717, 1.165) is 11.1 Å². The Morgan fingerprint density at radius 3 is 2.00 bits per heavy atom. The number of benzene rings is 3. The molecule has 216 valence electrons. The number of nitrogens with zero attached hydrogens (tertiary/aromatic N) is 1. The number of ether oxygens (including phenoxy) is 2. The molecule has 1 aliphatic heterocycles. The molecule has 1 unspecified atom stereocenters. The molecule has 7 nitrogen and oxygen atoms in total. The van der Waals surface area contributed by atoms with E-state index in [1.165, 1.54) is 6.08 Å². The smallest absolute Gasteiger partial charge is 0.409 e. The van der Waals surface area contributed by atoms with Crippen LogP contribution >= 0.6 is 0 Å². The molecule has 4 atom stereocenters. The third-order valence-electron chi connectivity index (χ3n) is 8.41. The number of anilines is 1. The minimum absolute atomic E-state index is 0.0498. The number of nitrogens with one attached hydrogen (secondary N) is 1. The molecule has 1 saturated heterocycles. The Hall–Kier alpha value is -3.88. The number of amides is 2. The minimum Gasteiger partial charge on any atom is -0.497 e. The van der Waals surface area contributed by atoms with E-state index in [2.05, 4.69) is 51.7 Å². The van der Waals surface area contributed by atoms with Crippen molar-refractivity contribution in [3.05, 3.63) is 109 Å². The predicted octanol–water partition coefficient (Wildman–Crippen LogP) is 5.09. The van der Waals surface area contributed by atoms with Crippen LogP contribution in [0.15, 0.2) is 97.6 Å². The molecule has 1 fully saturated rings. The summed E-state index contributed by atoms with van der Waals surface area (Å²) in [5.41, 5.74) is 0.162. The molecular weight excluding hydrogens is 532 g/mol. The molecule has 0 bridgehead atoms. The molecule has 4 rings (SSSR count). The Labute approximate surface area is 246 Å². The van der Waals surface area contributed by atoms with Crippen LogP contribution < -0.4 is 15.0 Å². The zero-order valence-corrected chi connectivity index (χ0v) is 26.7. The molecule has 41 heavy (non-hydrogen) atoms. The minimum atomic E-state index is -0.933. The zero-order chi connectivity index (χ0) is 29.8. The molecule has 2 amide bonds. The Kier molecular flexibility index (Phi) is 8.75. The summed E-state index contributed by atoms with van der Waals surface area (Å²) in [4.78, 5) is 29.3. The maximum absolute atomic E-state index is 14.6. The van der Waals surface area contributed by atoms with E-state index in [9.17, 15) is 9.59 Å². The second kappa shape index (κ2) is 11.9. The number of hydrogen-bond donors (Lipinski definition) is 1. The van der Waals surface area contributed by atoms with Crippen LogP contribution in [0, 0.1) is 11.3 Å². The van der Waals surface area contributed by atoms with Crippen molar-refractivity contribution < 1.29 is 23.5 Å². The Morgan fingerprint density at radius 1 is 0.951 bits per heavy atom. The zero-order valence-electron chi connectivity index (χ0n) is 24.7. The topological polar surface area (TPSA) is 77.1 Å². The third kappa shape index (κ3) is 5.06. The number of hydrogen-bond acceptors (Lipinski definition) is 5. The fourth-order valence-corrected chi connectivity index (χ4v) is 7.27. The van der Waals surface area contributed by atoms with E-state index in [4.69, 9.17) is 13.9 Å². The largest absolute Gasteiger partial charge is 0.497 e. The van der Waals surface area contributed by atoms with Crippen LogP contribution in [0.4, 0.5) is 10.5 Å². The SMILES string of the molecule is C=CCOC(=O)N[C@H]1[C@@H](C(c2ccccc2)(C(C)(C)C)[C@@](C)(O[SiH3])c2ccccc2)C(=O)N1c1ccc(OC)cc1. The number of methoxy groups -OCH3 is 1. The number of rotatable bonds is 10. The van der Waals surface area contributed by atoms with E-state index in [1.807, 2.05) is 60.7 Å². The second-order valence-corrected chi connectivity index (χ2v) is 11.8. The third-order valence-corrected chi connectivity index (χ3v) is 9.23. The maximum Gasteiger partial charge on any atom is 0.409 e. The first kappa shape index (κ1) is 30.1. The lowest BCUT2D eigenvalue weighted by Crippen LogP contribution is -2.78. The Morgan fingerprint density at radius 2 is 1.51 bits per heavy atom. The highest BCUT2D eigenvalue weighted by molar-refractivity contribution is 6.05. The standard InChI is InChI=1S/C33H40N2O5Si/c1-7-22-39-30(37)34-28-27(29(36)35(28)25-18-20-26(38-6)21-19-25)33(31(2,3)4,24-16-12-9-13-17-24)32(5,40-41)23-14-10-8-11-15-23/h7-21,27-28H,1,22H2,2-6,41H3,(H,34,37)/t27-,28-,32+,33?/m1/s1. The molecule has 0 aliphatic carbocycles. The summed E-state index contributed by atoms with van der Waals surface area (Å²) in [5.74, 6) is -0.159. The van der Waals surface area contributed by atoms with Gasteiger partial charge in [0.2, 0.25) is 5.91 Å². The fourth-order valence-electron chi connectivity index (χ4n) is 6.72. The summed E-state index contributed by atoms with van der Waals surface area (Å²) in [7, 11) is 2.01. The van der Waals surface area contributed by atoms with Crippen LogP contribution in [0.5, 0.6) is 5.75 Å². The van der Waals surface area contributed by atoms with Crippen molar-refractivity contribution in [1.29, 1.82) is 0 Å². The summed E-state index contributed by atoms with van der Waals surface area (Å²) in [6, 6.07) is 27.3. The van der Waals surface area contributed by atoms with Gasteiger partial charge in [0.15, 0.2) is 0 Å². The number of carbonyl (C=O) groups is 2. The van der Waals surface area contributed by atoms with Crippen LogP contribution in [0.25, 0.3) is 0 Å². The normalized spacial score (nSPS) is 19.8. The van der Waals surface area contributed by atoms with Crippen molar-refractivity contribution >= 4 is 28.2 Å². The molecule has 3 aromatic rings. The Balaban J connectivity index is 1.99. The van der Waals surface area contributed by atoms with E-state index in [0.29, 0.717) is 21.9 Å². The lowest BCUT2D eigenvalue weighted by molar-refractivity contribution is -0.156. The van der Waals surface area contributed by atoms with Crippen LogP contribution in [-0.4, -0.2) is 42.4 Å². The van der Waals surface area contributed by atoms with E-state index in [-0.39, 0.29) is 12.5 Å². The van der Waals surface area contributed by atoms with Gasteiger partial charge in [-0.15, -0.1) is 0 Å². The lowest BCUT2D eigenvalue weighted by Gasteiger charge is -2.65. The van der Waals surface area contributed by atoms with Gasteiger partial charge in [0, 0.05) is 11.1 Å². The maximum atomic E-state index is 14.6. The highest BCUT2D eigenvalue weighted by atomic mass is 28.2. The molecule has 1 N–H and O–H groups in total. The molecular formula is C33H40N2O5Si. The number of β-lactam (4-membered cyclic amide) rings is 1.